The molecule has 2 aliphatic rings. The van der Waals surface area contributed by atoms with Gasteiger partial charge in [0.2, 0.25) is 5.91 Å². The van der Waals surface area contributed by atoms with E-state index in [2.05, 4.69) is 5.32 Å². The minimum absolute atomic E-state index is 0.0468. The van der Waals surface area contributed by atoms with Gasteiger partial charge in [0, 0.05) is 5.56 Å². The molecule has 2 heterocycles. The number of amides is 2. The molecule has 31 heavy (non-hydrogen) atoms. The number of carbonyl (C=O) groups is 2. The number of ether oxygens (including phenoxy) is 3. The highest BCUT2D eigenvalue weighted by atomic mass is 16.5. The lowest BCUT2D eigenvalue weighted by molar-refractivity contribution is -0.917. The molecule has 0 saturated carbocycles. The summed E-state index contributed by atoms with van der Waals surface area (Å²) >= 11 is 0. The first-order valence-corrected chi connectivity index (χ1v) is 10.5. The second-order valence-corrected chi connectivity index (χ2v) is 7.79. The van der Waals surface area contributed by atoms with Crippen LogP contribution in [0.25, 0.3) is 0 Å². The molecule has 1 saturated heterocycles. The largest absolute Gasteiger partial charge is 0.493 e. The SMILES string of the molecule is COc1ccc(C[NH+]2CCN(C(=O)C[C@H]3Oc4ccccc4NC3=O)CC2)cc1OC. The first-order chi connectivity index (χ1) is 15.1. The van der Waals surface area contributed by atoms with Crippen molar-refractivity contribution in [3.8, 4) is 17.2 Å². The van der Waals surface area contributed by atoms with Gasteiger partial charge in [-0.2, -0.15) is 0 Å². The van der Waals surface area contributed by atoms with Crippen molar-refractivity contribution in [3.63, 3.8) is 0 Å². The molecule has 2 amide bonds. The lowest BCUT2D eigenvalue weighted by atomic mass is 10.1. The highest BCUT2D eigenvalue weighted by Gasteiger charge is 2.32. The van der Waals surface area contributed by atoms with Crippen LogP contribution in [0.3, 0.4) is 0 Å². The molecule has 2 aromatic carbocycles. The number of methoxy groups -OCH3 is 2. The van der Waals surface area contributed by atoms with Gasteiger partial charge in [0.15, 0.2) is 17.6 Å². The van der Waals surface area contributed by atoms with Crippen LogP contribution in [-0.2, 0) is 16.1 Å². The summed E-state index contributed by atoms with van der Waals surface area (Å²) in [4.78, 5) is 28.3. The van der Waals surface area contributed by atoms with Crippen LogP contribution in [0.2, 0.25) is 0 Å². The van der Waals surface area contributed by atoms with Crippen LogP contribution in [0.15, 0.2) is 42.5 Å². The summed E-state index contributed by atoms with van der Waals surface area (Å²) in [6.07, 6.45) is -0.745. The fraction of sp³-hybridized carbons (Fsp3) is 0.391. The molecule has 0 radical (unpaired) electrons. The van der Waals surface area contributed by atoms with E-state index in [9.17, 15) is 9.59 Å². The number of piperazine rings is 1. The van der Waals surface area contributed by atoms with Crippen LogP contribution in [0.4, 0.5) is 5.69 Å². The molecular weight excluding hydrogens is 398 g/mol. The molecule has 0 unspecified atom stereocenters. The maximum absolute atomic E-state index is 12.8. The van der Waals surface area contributed by atoms with Crippen LogP contribution < -0.4 is 24.4 Å². The van der Waals surface area contributed by atoms with Gasteiger partial charge in [-0.1, -0.05) is 12.1 Å². The van der Waals surface area contributed by atoms with Crippen molar-refractivity contribution in [2.45, 2.75) is 19.1 Å². The highest BCUT2D eigenvalue weighted by molar-refractivity contribution is 5.99. The summed E-state index contributed by atoms with van der Waals surface area (Å²) in [5.74, 6) is 1.72. The number of nitrogens with zero attached hydrogens (tertiary/aromatic N) is 1. The van der Waals surface area contributed by atoms with Gasteiger partial charge in [-0.15, -0.1) is 0 Å². The zero-order valence-electron chi connectivity index (χ0n) is 17.8. The van der Waals surface area contributed by atoms with E-state index in [-0.39, 0.29) is 18.2 Å². The van der Waals surface area contributed by atoms with E-state index >= 15 is 0 Å². The Labute approximate surface area is 181 Å². The second-order valence-electron chi connectivity index (χ2n) is 7.79. The number of anilines is 1. The van der Waals surface area contributed by atoms with Gasteiger partial charge in [-0.05, 0) is 30.3 Å². The number of para-hydroxylation sites is 2. The molecule has 8 nitrogen and oxygen atoms in total. The molecule has 0 aromatic heterocycles. The topological polar surface area (TPSA) is 81.5 Å². The number of fused-ring (bicyclic) bond motifs is 1. The van der Waals surface area contributed by atoms with Gasteiger partial charge in [0.1, 0.15) is 12.3 Å². The minimum atomic E-state index is -0.792. The van der Waals surface area contributed by atoms with E-state index in [0.717, 1.165) is 25.4 Å². The maximum Gasteiger partial charge on any atom is 0.266 e. The van der Waals surface area contributed by atoms with Crippen molar-refractivity contribution < 1.29 is 28.7 Å². The summed E-state index contributed by atoms with van der Waals surface area (Å²) in [7, 11) is 3.26. The molecule has 4 rings (SSSR count). The van der Waals surface area contributed by atoms with Crippen molar-refractivity contribution in [2.24, 2.45) is 0 Å². The summed E-state index contributed by atoms with van der Waals surface area (Å²) in [6.45, 7) is 3.87. The predicted octanol–water partition coefficient (Wildman–Crippen LogP) is 0.721. The second kappa shape index (κ2) is 9.26. The van der Waals surface area contributed by atoms with Crippen LogP contribution in [0, 0.1) is 0 Å². The molecule has 2 aromatic rings. The van der Waals surface area contributed by atoms with E-state index in [0.29, 0.717) is 30.3 Å². The first-order valence-electron chi connectivity index (χ1n) is 10.5. The summed E-state index contributed by atoms with van der Waals surface area (Å²) in [6, 6.07) is 13.2. The Morgan fingerprint density at radius 2 is 1.87 bits per heavy atom. The molecule has 0 spiro atoms. The smallest absolute Gasteiger partial charge is 0.266 e. The van der Waals surface area contributed by atoms with Gasteiger partial charge in [-0.3, -0.25) is 9.59 Å². The number of hydrogen-bond acceptors (Lipinski definition) is 5. The molecule has 8 heteroatoms. The number of benzene rings is 2. The third-order valence-electron chi connectivity index (χ3n) is 5.79. The lowest BCUT2D eigenvalue weighted by Crippen LogP contribution is -3.13. The van der Waals surface area contributed by atoms with E-state index in [1.807, 2.05) is 35.2 Å². The maximum atomic E-state index is 12.8. The van der Waals surface area contributed by atoms with Crippen LogP contribution in [0.1, 0.15) is 12.0 Å². The normalized spacial score (nSPS) is 18.6. The average Bonchev–Trinajstić information content (AvgIpc) is 2.80. The Morgan fingerprint density at radius 1 is 1.13 bits per heavy atom. The summed E-state index contributed by atoms with van der Waals surface area (Å²) < 4.78 is 16.4. The van der Waals surface area contributed by atoms with Crippen molar-refractivity contribution in [3.05, 3.63) is 48.0 Å². The summed E-state index contributed by atoms with van der Waals surface area (Å²) in [5, 5.41) is 2.81. The van der Waals surface area contributed by atoms with E-state index in [1.54, 1.807) is 26.4 Å². The lowest BCUT2D eigenvalue weighted by Gasteiger charge is -2.33. The van der Waals surface area contributed by atoms with Crippen molar-refractivity contribution in [1.29, 1.82) is 0 Å². The van der Waals surface area contributed by atoms with Gasteiger partial charge in [0.05, 0.1) is 52.5 Å². The standard InChI is InChI=1S/C23H27N3O5/c1-29-19-8-7-16(13-20(19)30-2)15-25-9-11-26(12-10-25)22(27)14-21-23(28)24-17-5-3-4-6-18(17)31-21/h3-8,13,21H,9-12,14-15H2,1-2H3,(H,24,28)/p+1/t21-/m1/s1. The number of nitrogens with one attached hydrogen (secondary N) is 2. The molecule has 1 atom stereocenters. The molecule has 164 valence electrons. The zero-order valence-corrected chi connectivity index (χ0v) is 17.8. The van der Waals surface area contributed by atoms with Crippen LogP contribution >= 0.6 is 0 Å². The molecule has 2 N–H and O–H groups in total. The van der Waals surface area contributed by atoms with Gasteiger partial charge in [-0.25, -0.2) is 0 Å². The van der Waals surface area contributed by atoms with Crippen LogP contribution in [-0.4, -0.2) is 63.2 Å². The monoisotopic (exact) mass is 426 g/mol. The van der Waals surface area contributed by atoms with Crippen LogP contribution in [0.5, 0.6) is 17.2 Å². The first kappa shape index (κ1) is 21.0. The summed E-state index contributed by atoms with van der Waals surface area (Å²) in [5.41, 5.74) is 1.81. The van der Waals surface area contributed by atoms with E-state index in [1.165, 1.54) is 10.5 Å². The van der Waals surface area contributed by atoms with Crippen molar-refractivity contribution >= 4 is 17.5 Å². The highest BCUT2D eigenvalue weighted by Crippen LogP contribution is 2.30. The molecule has 1 fully saturated rings. The Kier molecular flexibility index (Phi) is 6.27. The number of rotatable bonds is 6. The van der Waals surface area contributed by atoms with E-state index < -0.39 is 6.10 Å². The van der Waals surface area contributed by atoms with Gasteiger partial charge < -0.3 is 29.3 Å². The Hall–Kier alpha value is -3.26. The average molecular weight is 426 g/mol. The van der Waals surface area contributed by atoms with Gasteiger partial charge >= 0.3 is 0 Å². The number of quaternary nitrogens is 1. The molecular formula is C23H28N3O5+. The van der Waals surface area contributed by atoms with Crippen molar-refractivity contribution in [1.82, 2.24) is 4.90 Å². The van der Waals surface area contributed by atoms with Gasteiger partial charge in [0.25, 0.3) is 5.91 Å². The third kappa shape index (κ3) is 4.74. The quantitative estimate of drug-likeness (QED) is 0.712. The predicted molar refractivity (Wildman–Crippen MR) is 115 cm³/mol. The molecule has 0 aliphatic carbocycles. The minimum Gasteiger partial charge on any atom is -0.493 e. The Bertz CT molecular complexity index is 956. The Balaban J connectivity index is 1.29. The fourth-order valence-electron chi connectivity index (χ4n) is 4.04. The van der Waals surface area contributed by atoms with E-state index in [4.69, 9.17) is 14.2 Å². The fourth-order valence-corrected chi connectivity index (χ4v) is 4.04. The van der Waals surface area contributed by atoms with Crippen molar-refractivity contribution in [2.75, 3.05) is 45.7 Å². The third-order valence-corrected chi connectivity index (χ3v) is 5.79. The molecule has 0 bridgehead atoms. The molecule has 2 aliphatic heterocycles. The Morgan fingerprint density at radius 3 is 2.61 bits per heavy atom. The number of carbonyl (C=O) groups excluding carboxylic acids is 2. The number of hydrogen-bond donors (Lipinski definition) is 2. The zero-order chi connectivity index (χ0) is 21.8.